The summed E-state index contributed by atoms with van der Waals surface area (Å²) in [5, 5.41) is 2.99. The molecule has 1 amide bonds. The van der Waals surface area contributed by atoms with Crippen LogP contribution in [-0.2, 0) is 17.6 Å². The molecule has 0 atom stereocenters. The predicted octanol–water partition coefficient (Wildman–Crippen LogP) is 3.69. The van der Waals surface area contributed by atoms with Crippen molar-refractivity contribution in [3.63, 3.8) is 0 Å². The minimum absolute atomic E-state index is 0.0964. The van der Waals surface area contributed by atoms with Crippen molar-refractivity contribution in [2.45, 2.75) is 32.6 Å². The number of benzene rings is 2. The molecule has 0 saturated carbocycles. The zero-order valence-electron chi connectivity index (χ0n) is 15.3. The van der Waals surface area contributed by atoms with E-state index in [4.69, 9.17) is 9.47 Å². The number of nitrogens with one attached hydrogen (secondary N) is 1. The maximum atomic E-state index is 12.0. The molecule has 2 aromatic rings. The molecule has 0 fully saturated rings. The highest BCUT2D eigenvalue weighted by atomic mass is 16.5. The first-order valence-corrected chi connectivity index (χ1v) is 8.65. The predicted molar refractivity (Wildman–Crippen MR) is 100 cm³/mol. The third kappa shape index (κ3) is 6.14. The number of amides is 1. The van der Waals surface area contributed by atoms with E-state index in [-0.39, 0.29) is 5.91 Å². The summed E-state index contributed by atoms with van der Waals surface area (Å²) >= 11 is 0. The fourth-order valence-corrected chi connectivity index (χ4v) is 2.79. The highest BCUT2D eigenvalue weighted by Gasteiger charge is 2.04. The molecular formula is C21H27NO3. The molecule has 0 heterocycles. The zero-order valence-corrected chi connectivity index (χ0v) is 15.3. The van der Waals surface area contributed by atoms with Gasteiger partial charge in [-0.3, -0.25) is 4.79 Å². The molecule has 0 aliphatic carbocycles. The number of rotatable bonds is 9. The molecule has 0 radical (unpaired) electrons. The third-order valence-corrected chi connectivity index (χ3v) is 4.20. The number of hydrogen-bond donors (Lipinski definition) is 1. The smallest absolute Gasteiger partial charge is 0.220 e. The Morgan fingerprint density at radius 2 is 1.80 bits per heavy atom. The Bertz CT molecular complexity index is 697. The second kappa shape index (κ2) is 9.72. The standard InChI is InChI=1S/C21H27NO3/c1-16-14-18(9-11-20(16)25-3)10-12-21(23)22-13-5-7-17-6-4-8-19(15-17)24-2/h4,6,8-9,11,14-15H,5,7,10,12-13H2,1-3H3,(H,22,23). The quantitative estimate of drug-likeness (QED) is 0.708. The molecule has 0 saturated heterocycles. The van der Waals surface area contributed by atoms with Crippen molar-refractivity contribution in [1.82, 2.24) is 5.32 Å². The molecule has 0 spiro atoms. The van der Waals surface area contributed by atoms with Crippen LogP contribution in [0.4, 0.5) is 0 Å². The maximum absolute atomic E-state index is 12.0. The van der Waals surface area contributed by atoms with Crippen molar-refractivity contribution < 1.29 is 14.3 Å². The van der Waals surface area contributed by atoms with E-state index in [2.05, 4.69) is 17.4 Å². The Morgan fingerprint density at radius 1 is 1.00 bits per heavy atom. The Balaban J connectivity index is 1.67. The van der Waals surface area contributed by atoms with Gasteiger partial charge in [-0.25, -0.2) is 0 Å². The van der Waals surface area contributed by atoms with Crippen LogP contribution in [0.3, 0.4) is 0 Å². The summed E-state index contributed by atoms with van der Waals surface area (Å²) in [6.45, 7) is 2.71. The summed E-state index contributed by atoms with van der Waals surface area (Å²) in [5.74, 6) is 1.85. The van der Waals surface area contributed by atoms with E-state index >= 15 is 0 Å². The Morgan fingerprint density at radius 3 is 2.52 bits per heavy atom. The highest BCUT2D eigenvalue weighted by Crippen LogP contribution is 2.19. The molecule has 2 aromatic carbocycles. The van der Waals surface area contributed by atoms with Gasteiger partial charge in [0, 0.05) is 13.0 Å². The van der Waals surface area contributed by atoms with Crippen LogP contribution in [0.1, 0.15) is 29.5 Å². The van der Waals surface area contributed by atoms with Gasteiger partial charge in [-0.2, -0.15) is 0 Å². The fourth-order valence-electron chi connectivity index (χ4n) is 2.79. The van der Waals surface area contributed by atoms with Gasteiger partial charge in [0.25, 0.3) is 0 Å². The Labute approximate surface area is 150 Å². The first-order valence-electron chi connectivity index (χ1n) is 8.65. The van der Waals surface area contributed by atoms with Crippen LogP contribution in [0, 0.1) is 6.92 Å². The van der Waals surface area contributed by atoms with Gasteiger partial charge in [0.05, 0.1) is 14.2 Å². The number of carbonyl (C=O) groups is 1. The first-order chi connectivity index (χ1) is 12.1. The minimum atomic E-state index is 0.0964. The normalized spacial score (nSPS) is 10.4. The molecule has 0 aromatic heterocycles. The Kier molecular flexibility index (Phi) is 7.33. The van der Waals surface area contributed by atoms with Crippen LogP contribution >= 0.6 is 0 Å². The van der Waals surface area contributed by atoms with Gasteiger partial charge in [0.15, 0.2) is 0 Å². The maximum Gasteiger partial charge on any atom is 0.220 e. The highest BCUT2D eigenvalue weighted by molar-refractivity contribution is 5.76. The van der Waals surface area contributed by atoms with E-state index in [0.29, 0.717) is 13.0 Å². The molecule has 0 aliphatic rings. The van der Waals surface area contributed by atoms with Gasteiger partial charge < -0.3 is 14.8 Å². The lowest BCUT2D eigenvalue weighted by Crippen LogP contribution is -2.25. The molecule has 25 heavy (non-hydrogen) atoms. The lowest BCUT2D eigenvalue weighted by atomic mass is 10.1. The summed E-state index contributed by atoms with van der Waals surface area (Å²) in [5.41, 5.74) is 3.48. The molecule has 134 valence electrons. The van der Waals surface area contributed by atoms with E-state index < -0.39 is 0 Å². The van der Waals surface area contributed by atoms with Crippen molar-refractivity contribution in [1.29, 1.82) is 0 Å². The monoisotopic (exact) mass is 341 g/mol. The van der Waals surface area contributed by atoms with E-state index in [0.717, 1.165) is 41.9 Å². The molecule has 0 bridgehead atoms. The van der Waals surface area contributed by atoms with Gasteiger partial charge in [-0.1, -0.05) is 24.3 Å². The SMILES string of the molecule is COc1cccc(CCCNC(=O)CCc2ccc(OC)c(C)c2)c1. The molecule has 1 N–H and O–H groups in total. The average Bonchev–Trinajstić information content (AvgIpc) is 2.64. The van der Waals surface area contributed by atoms with Crippen LogP contribution in [0.15, 0.2) is 42.5 Å². The van der Waals surface area contributed by atoms with Crippen molar-refractivity contribution in [2.75, 3.05) is 20.8 Å². The van der Waals surface area contributed by atoms with Crippen LogP contribution in [-0.4, -0.2) is 26.7 Å². The summed E-state index contributed by atoms with van der Waals surface area (Å²) in [7, 11) is 3.34. The molecule has 0 aliphatic heterocycles. The van der Waals surface area contributed by atoms with E-state index in [1.54, 1.807) is 14.2 Å². The van der Waals surface area contributed by atoms with E-state index in [9.17, 15) is 4.79 Å². The summed E-state index contributed by atoms with van der Waals surface area (Å²) in [6, 6.07) is 14.1. The summed E-state index contributed by atoms with van der Waals surface area (Å²) in [4.78, 5) is 12.0. The molecule has 4 nitrogen and oxygen atoms in total. The van der Waals surface area contributed by atoms with Crippen molar-refractivity contribution in [3.8, 4) is 11.5 Å². The van der Waals surface area contributed by atoms with Gasteiger partial charge in [-0.15, -0.1) is 0 Å². The number of methoxy groups -OCH3 is 2. The van der Waals surface area contributed by atoms with Crippen LogP contribution < -0.4 is 14.8 Å². The molecule has 0 unspecified atom stereocenters. The average molecular weight is 341 g/mol. The van der Waals surface area contributed by atoms with Crippen LogP contribution in [0.5, 0.6) is 11.5 Å². The van der Waals surface area contributed by atoms with E-state index in [1.165, 1.54) is 5.56 Å². The fraction of sp³-hybridized carbons (Fsp3) is 0.381. The first kappa shape index (κ1) is 18.8. The number of ether oxygens (including phenoxy) is 2. The summed E-state index contributed by atoms with van der Waals surface area (Å²) < 4.78 is 10.5. The largest absolute Gasteiger partial charge is 0.497 e. The number of hydrogen-bond acceptors (Lipinski definition) is 3. The molecular weight excluding hydrogens is 314 g/mol. The van der Waals surface area contributed by atoms with E-state index in [1.807, 2.05) is 37.3 Å². The van der Waals surface area contributed by atoms with Crippen molar-refractivity contribution in [3.05, 3.63) is 59.2 Å². The Hall–Kier alpha value is -2.49. The van der Waals surface area contributed by atoms with Crippen LogP contribution in [0.25, 0.3) is 0 Å². The van der Waals surface area contributed by atoms with Gasteiger partial charge in [-0.05, 0) is 61.1 Å². The number of carbonyl (C=O) groups excluding carboxylic acids is 1. The van der Waals surface area contributed by atoms with Gasteiger partial charge >= 0.3 is 0 Å². The molecule has 4 heteroatoms. The third-order valence-electron chi connectivity index (χ3n) is 4.20. The van der Waals surface area contributed by atoms with Gasteiger partial charge in [0.1, 0.15) is 11.5 Å². The van der Waals surface area contributed by atoms with Crippen LogP contribution in [0.2, 0.25) is 0 Å². The van der Waals surface area contributed by atoms with Crippen molar-refractivity contribution in [2.24, 2.45) is 0 Å². The lowest BCUT2D eigenvalue weighted by molar-refractivity contribution is -0.121. The molecule has 2 rings (SSSR count). The second-order valence-corrected chi connectivity index (χ2v) is 6.11. The van der Waals surface area contributed by atoms with Gasteiger partial charge in [0.2, 0.25) is 5.91 Å². The topological polar surface area (TPSA) is 47.6 Å². The lowest BCUT2D eigenvalue weighted by Gasteiger charge is -2.08. The minimum Gasteiger partial charge on any atom is -0.497 e. The zero-order chi connectivity index (χ0) is 18.1. The summed E-state index contributed by atoms with van der Waals surface area (Å²) in [6.07, 6.45) is 3.09. The number of aryl methyl sites for hydroxylation is 3. The van der Waals surface area contributed by atoms with Crippen molar-refractivity contribution >= 4 is 5.91 Å². The second-order valence-electron chi connectivity index (χ2n) is 6.11.